The molecule has 31 heavy (non-hydrogen) atoms. The van der Waals surface area contributed by atoms with E-state index in [0.29, 0.717) is 41.5 Å². The van der Waals surface area contributed by atoms with Crippen molar-refractivity contribution in [2.75, 3.05) is 18.4 Å². The van der Waals surface area contributed by atoms with Gasteiger partial charge < -0.3 is 5.32 Å². The molecular formula is C21H21FN4O3S2. The molecule has 1 N–H and O–H groups in total. The molecule has 1 saturated heterocycles. The average Bonchev–Trinajstić information content (AvgIpc) is 3.24. The highest BCUT2D eigenvalue weighted by molar-refractivity contribution is 7.89. The first-order valence-electron chi connectivity index (χ1n) is 9.80. The van der Waals surface area contributed by atoms with Gasteiger partial charge in [0.25, 0.3) is 5.91 Å². The van der Waals surface area contributed by atoms with E-state index in [4.69, 9.17) is 0 Å². The summed E-state index contributed by atoms with van der Waals surface area (Å²) in [5, 5.41) is 11.6. The number of hydrogen-bond donors (Lipinski definition) is 1. The first-order chi connectivity index (χ1) is 14.8. The highest BCUT2D eigenvalue weighted by Gasteiger charge is 2.31. The van der Waals surface area contributed by atoms with Gasteiger partial charge in [0, 0.05) is 24.7 Å². The molecule has 0 bridgehead atoms. The number of carbonyl (C=O) groups is 1. The van der Waals surface area contributed by atoms with E-state index in [1.807, 2.05) is 13.0 Å². The number of hydrogen-bond acceptors (Lipinski definition) is 6. The molecule has 0 aliphatic carbocycles. The van der Waals surface area contributed by atoms with Crippen molar-refractivity contribution in [1.82, 2.24) is 14.5 Å². The van der Waals surface area contributed by atoms with Crippen molar-refractivity contribution in [2.45, 2.75) is 30.6 Å². The van der Waals surface area contributed by atoms with E-state index in [-0.39, 0.29) is 10.9 Å². The van der Waals surface area contributed by atoms with Crippen LogP contribution < -0.4 is 5.32 Å². The fraction of sp³-hybridized carbons (Fsp3) is 0.286. The lowest BCUT2D eigenvalue weighted by molar-refractivity contribution is 0.102. The highest BCUT2D eigenvalue weighted by atomic mass is 32.2. The second kappa shape index (κ2) is 8.81. The number of rotatable bonds is 5. The number of halogens is 1. The average molecular weight is 461 g/mol. The van der Waals surface area contributed by atoms with Crippen LogP contribution in [0.3, 0.4) is 0 Å². The van der Waals surface area contributed by atoms with E-state index in [0.717, 1.165) is 5.56 Å². The summed E-state index contributed by atoms with van der Waals surface area (Å²) in [4.78, 5) is 12.7. The molecular weight excluding hydrogens is 439 g/mol. The van der Waals surface area contributed by atoms with Gasteiger partial charge in [-0.05, 0) is 55.7 Å². The molecule has 2 heterocycles. The molecule has 4 rings (SSSR count). The maximum atomic E-state index is 13.3. The minimum atomic E-state index is -3.53. The van der Waals surface area contributed by atoms with Gasteiger partial charge in [0.2, 0.25) is 15.0 Å². The van der Waals surface area contributed by atoms with Crippen molar-refractivity contribution in [1.29, 1.82) is 0 Å². The smallest absolute Gasteiger partial charge is 0.286 e. The molecule has 162 valence electrons. The Morgan fingerprint density at radius 2 is 1.87 bits per heavy atom. The van der Waals surface area contributed by atoms with Crippen LogP contribution in [0, 0.1) is 12.7 Å². The molecule has 10 heteroatoms. The van der Waals surface area contributed by atoms with Gasteiger partial charge in [-0.3, -0.25) is 4.79 Å². The Labute approximate surface area is 184 Å². The zero-order valence-corrected chi connectivity index (χ0v) is 18.4. The number of aromatic nitrogens is 2. The third kappa shape index (κ3) is 4.81. The fourth-order valence-corrected chi connectivity index (χ4v) is 5.99. The Balaban J connectivity index is 1.39. The normalized spacial score (nSPS) is 15.7. The first-order valence-corrected chi connectivity index (χ1v) is 12.1. The van der Waals surface area contributed by atoms with Crippen molar-refractivity contribution in [3.8, 4) is 0 Å². The summed E-state index contributed by atoms with van der Waals surface area (Å²) in [7, 11) is -3.53. The number of carbonyl (C=O) groups excluding carboxylic acids is 1. The maximum Gasteiger partial charge on any atom is 0.286 e. The molecule has 0 radical (unpaired) electrons. The van der Waals surface area contributed by atoms with Gasteiger partial charge in [0.15, 0.2) is 0 Å². The standard InChI is InChI=1S/C21H21FN4O3S2/c1-14-4-2-7-18(12-14)31(28,29)26-10-8-15(9-11-26)20-24-25-21(30-20)19(27)23-17-6-3-5-16(22)13-17/h2-7,12-13,15H,8-11H2,1H3,(H,23,27). The van der Waals surface area contributed by atoms with Crippen LogP contribution in [-0.4, -0.2) is 41.9 Å². The van der Waals surface area contributed by atoms with Crippen molar-refractivity contribution >= 4 is 33.0 Å². The van der Waals surface area contributed by atoms with Crippen molar-refractivity contribution < 1.29 is 17.6 Å². The summed E-state index contributed by atoms with van der Waals surface area (Å²) in [6, 6.07) is 12.5. The Bertz CT molecular complexity index is 1200. The van der Waals surface area contributed by atoms with Gasteiger partial charge in [-0.25, -0.2) is 12.8 Å². The molecule has 1 amide bonds. The lowest BCUT2D eigenvalue weighted by Crippen LogP contribution is -2.37. The summed E-state index contributed by atoms with van der Waals surface area (Å²) < 4.78 is 40.6. The quantitative estimate of drug-likeness (QED) is 0.625. The predicted molar refractivity (Wildman–Crippen MR) is 116 cm³/mol. The Kier molecular flexibility index (Phi) is 6.12. The number of aryl methyl sites for hydroxylation is 1. The Morgan fingerprint density at radius 3 is 2.58 bits per heavy atom. The summed E-state index contributed by atoms with van der Waals surface area (Å²) >= 11 is 1.18. The number of piperidine rings is 1. The minimum absolute atomic E-state index is 0.0391. The van der Waals surface area contributed by atoms with E-state index >= 15 is 0 Å². The SMILES string of the molecule is Cc1cccc(S(=O)(=O)N2CCC(c3nnc(C(=O)Nc4cccc(F)c4)s3)CC2)c1. The molecule has 3 aromatic rings. The van der Waals surface area contributed by atoms with Crippen LogP contribution >= 0.6 is 11.3 Å². The molecule has 2 aromatic carbocycles. The summed E-state index contributed by atoms with van der Waals surface area (Å²) in [6.07, 6.45) is 1.20. The van der Waals surface area contributed by atoms with Gasteiger partial charge in [-0.15, -0.1) is 10.2 Å². The maximum absolute atomic E-state index is 13.3. The molecule has 0 unspecified atom stereocenters. The molecule has 1 aliphatic rings. The van der Waals surface area contributed by atoms with Crippen LogP contribution in [0.2, 0.25) is 0 Å². The molecule has 0 atom stereocenters. The molecule has 1 aliphatic heterocycles. The van der Waals surface area contributed by atoms with Crippen molar-refractivity contribution in [3.63, 3.8) is 0 Å². The fourth-order valence-electron chi connectivity index (χ4n) is 3.51. The van der Waals surface area contributed by atoms with E-state index in [1.54, 1.807) is 24.3 Å². The third-order valence-electron chi connectivity index (χ3n) is 5.15. The summed E-state index contributed by atoms with van der Waals surface area (Å²) in [6.45, 7) is 2.62. The number of nitrogens with one attached hydrogen (secondary N) is 1. The summed E-state index contributed by atoms with van der Waals surface area (Å²) in [5.74, 6) is -0.853. The van der Waals surface area contributed by atoms with Crippen molar-refractivity contribution in [3.05, 3.63) is 69.9 Å². The first kappa shape index (κ1) is 21.5. The molecule has 0 spiro atoms. The van der Waals surface area contributed by atoms with Crippen LogP contribution in [0.15, 0.2) is 53.4 Å². The lowest BCUT2D eigenvalue weighted by Gasteiger charge is -2.30. The van der Waals surface area contributed by atoms with Crippen LogP contribution in [0.1, 0.15) is 39.1 Å². The van der Waals surface area contributed by atoms with Gasteiger partial charge in [-0.1, -0.05) is 29.5 Å². The molecule has 7 nitrogen and oxygen atoms in total. The Morgan fingerprint density at radius 1 is 1.13 bits per heavy atom. The number of benzene rings is 2. The Hall–Kier alpha value is -2.69. The highest BCUT2D eigenvalue weighted by Crippen LogP contribution is 2.32. The number of amides is 1. The number of anilines is 1. The van der Waals surface area contributed by atoms with Crippen LogP contribution in [-0.2, 0) is 10.0 Å². The van der Waals surface area contributed by atoms with Crippen molar-refractivity contribution in [2.24, 2.45) is 0 Å². The zero-order valence-electron chi connectivity index (χ0n) is 16.8. The van der Waals surface area contributed by atoms with Gasteiger partial charge in [0.05, 0.1) is 4.90 Å². The van der Waals surface area contributed by atoms with E-state index in [1.165, 1.54) is 33.8 Å². The third-order valence-corrected chi connectivity index (χ3v) is 8.13. The van der Waals surface area contributed by atoms with Crippen LogP contribution in [0.4, 0.5) is 10.1 Å². The van der Waals surface area contributed by atoms with E-state index in [2.05, 4.69) is 15.5 Å². The molecule has 0 saturated carbocycles. The second-order valence-corrected chi connectivity index (χ2v) is 10.4. The van der Waals surface area contributed by atoms with E-state index < -0.39 is 21.7 Å². The number of nitrogens with zero attached hydrogens (tertiary/aromatic N) is 3. The predicted octanol–water partition coefficient (Wildman–Crippen LogP) is 3.81. The largest absolute Gasteiger partial charge is 0.320 e. The van der Waals surface area contributed by atoms with Gasteiger partial charge >= 0.3 is 0 Å². The molecule has 1 fully saturated rings. The zero-order chi connectivity index (χ0) is 22.0. The van der Waals surface area contributed by atoms with Gasteiger partial charge in [0.1, 0.15) is 10.8 Å². The van der Waals surface area contributed by atoms with E-state index in [9.17, 15) is 17.6 Å². The minimum Gasteiger partial charge on any atom is -0.320 e. The summed E-state index contributed by atoms with van der Waals surface area (Å²) in [5.41, 5.74) is 1.24. The number of sulfonamides is 1. The van der Waals surface area contributed by atoms with Crippen LogP contribution in [0.5, 0.6) is 0 Å². The molecule has 1 aromatic heterocycles. The van der Waals surface area contributed by atoms with Gasteiger partial charge in [-0.2, -0.15) is 4.31 Å². The monoisotopic (exact) mass is 460 g/mol. The topological polar surface area (TPSA) is 92.3 Å². The second-order valence-electron chi connectivity index (χ2n) is 7.40. The van der Waals surface area contributed by atoms with Crippen LogP contribution in [0.25, 0.3) is 0 Å². The lowest BCUT2D eigenvalue weighted by atomic mass is 9.99.